The van der Waals surface area contributed by atoms with Crippen molar-refractivity contribution in [3.8, 4) is 23.5 Å². The molecule has 0 saturated heterocycles. The lowest BCUT2D eigenvalue weighted by atomic mass is 9.80. The van der Waals surface area contributed by atoms with Gasteiger partial charge in [0.2, 0.25) is 23.5 Å². The van der Waals surface area contributed by atoms with Crippen molar-refractivity contribution in [1.82, 2.24) is 9.46 Å². The van der Waals surface area contributed by atoms with E-state index < -0.39 is 47.2 Å². The van der Waals surface area contributed by atoms with Gasteiger partial charge < -0.3 is 30.0 Å². The van der Waals surface area contributed by atoms with Gasteiger partial charge in [0.25, 0.3) is 0 Å². The van der Waals surface area contributed by atoms with Crippen molar-refractivity contribution < 1.29 is 44.4 Å². The summed E-state index contributed by atoms with van der Waals surface area (Å²) in [7, 11) is 0. The summed E-state index contributed by atoms with van der Waals surface area (Å²) in [6.07, 6.45) is 3.07. The minimum atomic E-state index is -1.12. The van der Waals surface area contributed by atoms with E-state index in [0.29, 0.717) is 28.7 Å². The Labute approximate surface area is 170 Å². The lowest BCUT2D eigenvalue weighted by molar-refractivity contribution is -0.157. The average Bonchev–Trinajstić information content (AvgIpc) is 3.16. The third-order valence-corrected chi connectivity index (χ3v) is 4.81. The number of aromatic hydroxyl groups is 4. The maximum atomic E-state index is 12.6. The van der Waals surface area contributed by atoms with E-state index in [0.717, 1.165) is 12.1 Å². The number of aromatic nitrogens is 2. The van der Waals surface area contributed by atoms with Gasteiger partial charge in [-0.2, -0.15) is 0 Å². The van der Waals surface area contributed by atoms with Gasteiger partial charge >= 0.3 is 12.1 Å². The molecule has 0 fully saturated rings. The average molecular weight is 422 g/mol. The maximum absolute atomic E-state index is 12.6. The molecular formula is C19H22N2O9. The standard InChI is InChI=1S/C19H22N2O9/c1-19(17(26)29-20-13(22)6-7-14(20)23)10-2-4-12(5-3-11-19)28-18(27)30-21-15(24)8-9-16(21)25/h2,4,6-9,12,22-25H,3,5,10-11H2,1H3/t12-,19+/m1/s1. The van der Waals surface area contributed by atoms with Gasteiger partial charge in [0, 0.05) is 24.3 Å². The van der Waals surface area contributed by atoms with Crippen LogP contribution in [0, 0.1) is 5.41 Å². The van der Waals surface area contributed by atoms with Crippen LogP contribution in [0.3, 0.4) is 0 Å². The number of ether oxygens (including phenoxy) is 1. The molecule has 1 aliphatic rings. The van der Waals surface area contributed by atoms with Crippen LogP contribution in [-0.2, 0) is 9.53 Å². The Balaban J connectivity index is 1.59. The SMILES string of the molecule is C[C@]1(C(=O)On2c(O)ccc2O)CC=C[C@@H](OC(=O)On2c(O)ccc2O)CCC1. The first-order valence-corrected chi connectivity index (χ1v) is 9.17. The largest absolute Gasteiger partial charge is 0.534 e. The lowest BCUT2D eigenvalue weighted by Crippen LogP contribution is -2.36. The zero-order valence-corrected chi connectivity index (χ0v) is 16.1. The Bertz CT molecular complexity index is 922. The van der Waals surface area contributed by atoms with Gasteiger partial charge in [0.15, 0.2) is 0 Å². The molecule has 2 aromatic heterocycles. The highest BCUT2D eigenvalue weighted by Crippen LogP contribution is 2.33. The molecule has 11 nitrogen and oxygen atoms in total. The molecule has 162 valence electrons. The molecule has 0 spiro atoms. The third-order valence-electron chi connectivity index (χ3n) is 4.81. The molecule has 2 aromatic rings. The molecular weight excluding hydrogens is 400 g/mol. The topological polar surface area (TPSA) is 153 Å². The second-order valence-electron chi connectivity index (χ2n) is 7.15. The fourth-order valence-electron chi connectivity index (χ4n) is 3.06. The van der Waals surface area contributed by atoms with Crippen molar-refractivity contribution in [3.63, 3.8) is 0 Å². The normalized spacial score (nSPS) is 21.4. The quantitative estimate of drug-likeness (QED) is 0.427. The van der Waals surface area contributed by atoms with E-state index in [1.165, 1.54) is 12.1 Å². The van der Waals surface area contributed by atoms with E-state index in [1.807, 2.05) is 0 Å². The van der Waals surface area contributed by atoms with Gasteiger partial charge in [-0.1, -0.05) is 6.08 Å². The van der Waals surface area contributed by atoms with Crippen LogP contribution in [0.25, 0.3) is 0 Å². The molecule has 1 aliphatic carbocycles. The first-order chi connectivity index (χ1) is 14.2. The van der Waals surface area contributed by atoms with E-state index in [9.17, 15) is 30.0 Å². The lowest BCUT2D eigenvalue weighted by Gasteiger charge is -2.28. The fraction of sp³-hybridized carbons (Fsp3) is 0.368. The summed E-state index contributed by atoms with van der Waals surface area (Å²) in [6, 6.07) is 4.67. The van der Waals surface area contributed by atoms with Crippen molar-refractivity contribution in [2.24, 2.45) is 5.41 Å². The van der Waals surface area contributed by atoms with Gasteiger partial charge in [0.05, 0.1) is 5.41 Å². The molecule has 0 aliphatic heterocycles. The Morgan fingerprint density at radius 2 is 1.50 bits per heavy atom. The van der Waals surface area contributed by atoms with Crippen LogP contribution in [-0.4, -0.2) is 48.1 Å². The Morgan fingerprint density at radius 3 is 2.07 bits per heavy atom. The Morgan fingerprint density at radius 1 is 0.967 bits per heavy atom. The van der Waals surface area contributed by atoms with Crippen LogP contribution >= 0.6 is 0 Å². The maximum Gasteiger partial charge on any atom is 0.534 e. The number of carbonyl (C=O) groups excluding carboxylic acids is 2. The highest BCUT2D eigenvalue weighted by Gasteiger charge is 2.36. The Kier molecular flexibility index (Phi) is 5.81. The number of nitrogens with zero attached hydrogens (tertiary/aromatic N) is 2. The Hall–Kier alpha value is -3.76. The second kappa shape index (κ2) is 8.31. The van der Waals surface area contributed by atoms with E-state index in [-0.39, 0.29) is 6.42 Å². The number of carbonyl (C=O) groups is 2. The molecule has 0 radical (unpaired) electrons. The van der Waals surface area contributed by atoms with E-state index >= 15 is 0 Å². The second-order valence-corrected chi connectivity index (χ2v) is 7.15. The summed E-state index contributed by atoms with van der Waals surface area (Å²) >= 11 is 0. The molecule has 4 N–H and O–H groups in total. The first kappa shape index (κ1) is 21.0. The van der Waals surface area contributed by atoms with Gasteiger partial charge in [-0.25, -0.2) is 9.59 Å². The van der Waals surface area contributed by atoms with Crippen LogP contribution in [0.5, 0.6) is 23.5 Å². The molecule has 0 aromatic carbocycles. The number of hydrogen-bond acceptors (Lipinski definition) is 9. The predicted octanol–water partition coefficient (Wildman–Crippen LogP) is 1.84. The first-order valence-electron chi connectivity index (χ1n) is 9.17. The fourth-order valence-corrected chi connectivity index (χ4v) is 3.06. The van der Waals surface area contributed by atoms with Gasteiger partial charge in [-0.15, -0.1) is 9.46 Å². The number of hydrogen-bond donors (Lipinski definition) is 4. The summed E-state index contributed by atoms with van der Waals surface area (Å²) in [5, 5.41) is 38.2. The van der Waals surface area contributed by atoms with Crippen molar-refractivity contribution >= 4 is 12.1 Å². The molecule has 0 bridgehead atoms. The minimum Gasteiger partial charge on any atom is -0.492 e. The highest BCUT2D eigenvalue weighted by atomic mass is 16.8. The minimum absolute atomic E-state index is 0.267. The summed E-state index contributed by atoms with van der Waals surface area (Å²) in [4.78, 5) is 34.4. The van der Waals surface area contributed by atoms with Crippen LogP contribution in [0.4, 0.5) is 4.79 Å². The van der Waals surface area contributed by atoms with Crippen LogP contribution < -0.4 is 9.68 Å². The van der Waals surface area contributed by atoms with Crippen LogP contribution in [0.1, 0.15) is 32.6 Å². The van der Waals surface area contributed by atoms with Crippen LogP contribution in [0.15, 0.2) is 36.4 Å². The monoisotopic (exact) mass is 422 g/mol. The summed E-state index contributed by atoms with van der Waals surface area (Å²) < 4.78 is 6.34. The molecule has 3 rings (SSSR count). The number of allylic oxidation sites excluding steroid dienone is 1. The zero-order valence-electron chi connectivity index (χ0n) is 16.1. The van der Waals surface area contributed by atoms with Crippen LogP contribution in [0.2, 0.25) is 0 Å². The van der Waals surface area contributed by atoms with Crippen molar-refractivity contribution in [2.45, 2.75) is 38.7 Å². The molecule has 30 heavy (non-hydrogen) atoms. The van der Waals surface area contributed by atoms with Crippen molar-refractivity contribution in [2.75, 3.05) is 0 Å². The van der Waals surface area contributed by atoms with Gasteiger partial charge in [-0.3, -0.25) is 4.84 Å². The summed E-state index contributed by atoms with van der Waals surface area (Å²) in [5.74, 6) is -2.38. The van der Waals surface area contributed by atoms with Crippen molar-refractivity contribution in [1.29, 1.82) is 0 Å². The smallest absolute Gasteiger partial charge is 0.492 e. The molecule has 0 unspecified atom stereocenters. The zero-order chi connectivity index (χ0) is 21.9. The van der Waals surface area contributed by atoms with Gasteiger partial charge in [0.1, 0.15) is 6.10 Å². The van der Waals surface area contributed by atoms with E-state index in [1.54, 1.807) is 19.1 Å². The number of rotatable bonds is 4. The molecule has 2 heterocycles. The molecule has 2 atom stereocenters. The predicted molar refractivity (Wildman–Crippen MR) is 99.7 cm³/mol. The summed E-state index contributed by atoms with van der Waals surface area (Å²) in [6.45, 7) is 1.70. The highest BCUT2D eigenvalue weighted by molar-refractivity contribution is 5.77. The van der Waals surface area contributed by atoms with E-state index in [4.69, 9.17) is 14.4 Å². The third kappa shape index (κ3) is 4.45. The van der Waals surface area contributed by atoms with Gasteiger partial charge in [-0.05, 0) is 38.7 Å². The summed E-state index contributed by atoms with van der Waals surface area (Å²) in [5.41, 5.74) is -0.923. The van der Waals surface area contributed by atoms with Crippen molar-refractivity contribution in [3.05, 3.63) is 36.4 Å². The van der Waals surface area contributed by atoms with E-state index in [2.05, 4.69) is 0 Å². The molecule has 0 amide bonds. The molecule has 11 heteroatoms. The molecule has 0 saturated carbocycles.